The van der Waals surface area contributed by atoms with E-state index in [0.29, 0.717) is 6.61 Å². The van der Waals surface area contributed by atoms with Gasteiger partial charge in [-0.3, -0.25) is 0 Å². The minimum Gasteiger partial charge on any atom is -0.394 e. The van der Waals surface area contributed by atoms with Gasteiger partial charge in [0.05, 0.1) is 12.7 Å². The SMILES string of the molecule is CCCCCCCCCO[C@@H]1O[C@H](CO)[C@H](O)[C@H](O)[C@H]1O[C@@H]1O[C@@H](C)[C@@H](O)[C@@H](O)[C@@H]1O. The molecule has 2 heterocycles. The second kappa shape index (κ2) is 13.3. The second-order valence-electron chi connectivity index (χ2n) is 8.48. The average Bonchev–Trinajstić information content (AvgIpc) is 2.76. The van der Waals surface area contributed by atoms with Crippen LogP contribution < -0.4 is 0 Å². The molecule has 2 aliphatic heterocycles. The van der Waals surface area contributed by atoms with Crippen molar-refractivity contribution in [3.05, 3.63) is 0 Å². The molecule has 2 saturated heterocycles. The van der Waals surface area contributed by atoms with Crippen molar-refractivity contribution in [1.29, 1.82) is 0 Å². The van der Waals surface area contributed by atoms with Gasteiger partial charge in [-0.25, -0.2) is 0 Å². The van der Waals surface area contributed by atoms with Crippen molar-refractivity contribution < 1.29 is 49.6 Å². The summed E-state index contributed by atoms with van der Waals surface area (Å²) >= 11 is 0. The summed E-state index contributed by atoms with van der Waals surface area (Å²) in [5.41, 5.74) is 0. The highest BCUT2D eigenvalue weighted by Gasteiger charge is 2.50. The molecule has 2 aliphatic rings. The van der Waals surface area contributed by atoms with Gasteiger partial charge in [0.1, 0.15) is 42.7 Å². The summed E-state index contributed by atoms with van der Waals surface area (Å²) in [4.78, 5) is 0. The molecule has 31 heavy (non-hydrogen) atoms. The van der Waals surface area contributed by atoms with E-state index in [-0.39, 0.29) is 0 Å². The highest BCUT2D eigenvalue weighted by Crippen LogP contribution is 2.29. The quantitative estimate of drug-likeness (QED) is 0.211. The number of aliphatic hydroxyl groups is 6. The molecule has 0 aromatic rings. The summed E-state index contributed by atoms with van der Waals surface area (Å²) in [6.07, 6.45) is -5.28. The molecule has 0 spiro atoms. The van der Waals surface area contributed by atoms with Crippen LogP contribution in [-0.2, 0) is 18.9 Å². The maximum absolute atomic E-state index is 10.5. The molecule has 2 rings (SSSR count). The van der Waals surface area contributed by atoms with E-state index in [4.69, 9.17) is 18.9 Å². The Bertz CT molecular complexity index is 495. The van der Waals surface area contributed by atoms with Crippen LogP contribution in [0.2, 0.25) is 0 Å². The monoisotopic (exact) mass is 452 g/mol. The van der Waals surface area contributed by atoms with Crippen LogP contribution in [0, 0.1) is 0 Å². The highest BCUT2D eigenvalue weighted by atomic mass is 16.8. The molecule has 0 unspecified atom stereocenters. The third-order valence-corrected chi connectivity index (χ3v) is 5.95. The zero-order valence-corrected chi connectivity index (χ0v) is 18.5. The van der Waals surface area contributed by atoms with Crippen LogP contribution >= 0.6 is 0 Å². The van der Waals surface area contributed by atoms with Gasteiger partial charge in [0, 0.05) is 6.61 Å². The summed E-state index contributed by atoms with van der Waals surface area (Å²) in [5, 5.41) is 60.2. The van der Waals surface area contributed by atoms with Crippen molar-refractivity contribution in [1.82, 2.24) is 0 Å². The van der Waals surface area contributed by atoms with Crippen molar-refractivity contribution in [2.24, 2.45) is 0 Å². The molecule has 184 valence electrons. The van der Waals surface area contributed by atoms with Gasteiger partial charge in [-0.2, -0.15) is 0 Å². The van der Waals surface area contributed by atoms with Crippen LogP contribution in [0.5, 0.6) is 0 Å². The summed E-state index contributed by atoms with van der Waals surface area (Å²) in [6, 6.07) is 0. The van der Waals surface area contributed by atoms with Crippen LogP contribution in [0.3, 0.4) is 0 Å². The van der Waals surface area contributed by atoms with E-state index in [1.54, 1.807) is 0 Å². The molecule has 0 aromatic carbocycles. The van der Waals surface area contributed by atoms with E-state index in [1.807, 2.05) is 0 Å². The number of aliphatic hydroxyl groups excluding tert-OH is 6. The van der Waals surface area contributed by atoms with Crippen molar-refractivity contribution in [2.45, 2.75) is 120 Å². The average molecular weight is 453 g/mol. The first-order valence-corrected chi connectivity index (χ1v) is 11.4. The molecule has 6 N–H and O–H groups in total. The fourth-order valence-electron chi connectivity index (χ4n) is 3.87. The van der Waals surface area contributed by atoms with Crippen LogP contribution in [-0.4, -0.2) is 105 Å². The molecule has 2 fully saturated rings. The van der Waals surface area contributed by atoms with Gasteiger partial charge in [0.2, 0.25) is 0 Å². The van der Waals surface area contributed by atoms with Gasteiger partial charge in [-0.05, 0) is 13.3 Å². The van der Waals surface area contributed by atoms with E-state index < -0.39 is 68.0 Å². The van der Waals surface area contributed by atoms with Gasteiger partial charge in [-0.1, -0.05) is 45.4 Å². The number of unbranched alkanes of at least 4 members (excludes halogenated alkanes) is 6. The second-order valence-corrected chi connectivity index (χ2v) is 8.48. The molecular weight excluding hydrogens is 412 g/mol. The standard InChI is InChI=1S/C21H40O10/c1-3-4-5-6-7-8-9-10-28-21-19(17(26)15(24)13(11-22)30-21)31-20-18(27)16(25)14(23)12(2)29-20/h12-27H,3-11H2,1-2H3/t12-,13+,14+,15-,16+,17-,18-,19+,20-,21+/m0/s1. The van der Waals surface area contributed by atoms with Gasteiger partial charge < -0.3 is 49.6 Å². The summed E-state index contributed by atoms with van der Waals surface area (Å²) in [7, 11) is 0. The Kier molecular flexibility index (Phi) is 11.6. The Morgan fingerprint density at radius 2 is 1.35 bits per heavy atom. The lowest BCUT2D eigenvalue weighted by molar-refractivity contribution is -0.364. The molecule has 0 radical (unpaired) electrons. The Hall–Kier alpha value is -0.400. The maximum atomic E-state index is 10.5. The zero-order chi connectivity index (χ0) is 23.0. The molecule has 0 aromatic heterocycles. The van der Waals surface area contributed by atoms with Crippen molar-refractivity contribution in [3.63, 3.8) is 0 Å². The lowest BCUT2D eigenvalue weighted by atomic mass is 9.97. The number of hydrogen-bond donors (Lipinski definition) is 6. The predicted octanol–water partition coefficient (Wildman–Crippen LogP) is -0.595. The highest BCUT2D eigenvalue weighted by molar-refractivity contribution is 4.93. The summed E-state index contributed by atoms with van der Waals surface area (Å²) in [6.45, 7) is 3.48. The third kappa shape index (κ3) is 7.29. The molecule has 0 amide bonds. The van der Waals surface area contributed by atoms with E-state index in [9.17, 15) is 30.6 Å². The Morgan fingerprint density at radius 1 is 0.710 bits per heavy atom. The first-order chi connectivity index (χ1) is 14.8. The zero-order valence-electron chi connectivity index (χ0n) is 18.5. The van der Waals surface area contributed by atoms with Crippen LogP contribution in [0.15, 0.2) is 0 Å². The molecular formula is C21H40O10. The summed E-state index contributed by atoms with van der Waals surface area (Å²) < 4.78 is 22.4. The minimum absolute atomic E-state index is 0.324. The first kappa shape index (κ1) is 26.8. The van der Waals surface area contributed by atoms with Gasteiger partial charge >= 0.3 is 0 Å². The fourth-order valence-corrected chi connectivity index (χ4v) is 3.87. The lowest BCUT2D eigenvalue weighted by Gasteiger charge is -2.45. The van der Waals surface area contributed by atoms with Crippen molar-refractivity contribution in [2.75, 3.05) is 13.2 Å². The van der Waals surface area contributed by atoms with Crippen LogP contribution in [0.1, 0.15) is 58.8 Å². The lowest BCUT2D eigenvalue weighted by Crippen LogP contribution is -2.64. The normalized spacial score (nSPS) is 41.4. The topological polar surface area (TPSA) is 158 Å². The number of rotatable bonds is 12. The number of ether oxygens (including phenoxy) is 4. The van der Waals surface area contributed by atoms with Gasteiger partial charge in [-0.15, -0.1) is 0 Å². The fraction of sp³-hybridized carbons (Fsp3) is 1.00. The molecule has 0 saturated carbocycles. The van der Waals surface area contributed by atoms with Crippen LogP contribution in [0.25, 0.3) is 0 Å². The van der Waals surface area contributed by atoms with E-state index >= 15 is 0 Å². The Labute approximate surface area is 183 Å². The van der Waals surface area contributed by atoms with Crippen LogP contribution in [0.4, 0.5) is 0 Å². The third-order valence-electron chi connectivity index (χ3n) is 5.95. The largest absolute Gasteiger partial charge is 0.394 e. The molecule has 0 bridgehead atoms. The molecule has 10 heteroatoms. The van der Waals surface area contributed by atoms with E-state index in [0.717, 1.165) is 19.3 Å². The van der Waals surface area contributed by atoms with Crippen molar-refractivity contribution >= 4 is 0 Å². The molecule has 0 aliphatic carbocycles. The minimum atomic E-state index is -1.57. The molecule has 10 nitrogen and oxygen atoms in total. The van der Waals surface area contributed by atoms with Gasteiger partial charge in [0.25, 0.3) is 0 Å². The maximum Gasteiger partial charge on any atom is 0.187 e. The Balaban J connectivity index is 1.93. The predicted molar refractivity (Wildman–Crippen MR) is 109 cm³/mol. The smallest absolute Gasteiger partial charge is 0.187 e. The Morgan fingerprint density at radius 3 is 2.00 bits per heavy atom. The number of hydrogen-bond acceptors (Lipinski definition) is 10. The first-order valence-electron chi connectivity index (χ1n) is 11.4. The van der Waals surface area contributed by atoms with Crippen molar-refractivity contribution in [3.8, 4) is 0 Å². The summed E-state index contributed by atoms with van der Waals surface area (Å²) in [5.74, 6) is 0. The van der Waals surface area contributed by atoms with Gasteiger partial charge in [0.15, 0.2) is 12.6 Å². The van der Waals surface area contributed by atoms with E-state index in [1.165, 1.54) is 32.6 Å². The molecule has 10 atom stereocenters. The van der Waals surface area contributed by atoms with E-state index in [2.05, 4.69) is 6.92 Å².